The second-order valence-corrected chi connectivity index (χ2v) is 6.25. The molecule has 1 aromatic carbocycles. The Morgan fingerprint density at radius 1 is 1.38 bits per heavy atom. The quantitative estimate of drug-likeness (QED) is 0.609. The molecule has 134 valence electrons. The van der Waals surface area contributed by atoms with E-state index in [1.807, 2.05) is 0 Å². The van der Waals surface area contributed by atoms with Crippen LogP contribution in [0.15, 0.2) is 18.2 Å². The molecular formula is C16H22F2N2O4. The number of halogens is 2. The largest absolute Gasteiger partial charge is 0.396 e. The molecule has 0 saturated carbocycles. The zero-order valence-corrected chi connectivity index (χ0v) is 13.8. The Morgan fingerprint density at radius 2 is 2.00 bits per heavy atom. The van der Waals surface area contributed by atoms with E-state index >= 15 is 0 Å². The molecule has 0 aliphatic heterocycles. The first-order valence-corrected chi connectivity index (χ1v) is 7.39. The van der Waals surface area contributed by atoms with Gasteiger partial charge in [-0.25, -0.2) is 8.78 Å². The van der Waals surface area contributed by atoms with Crippen molar-refractivity contribution in [2.75, 3.05) is 18.1 Å². The number of hydrogen-bond donors (Lipinski definition) is 3. The summed E-state index contributed by atoms with van der Waals surface area (Å²) in [5, 5.41) is 21.5. The summed E-state index contributed by atoms with van der Waals surface area (Å²) in [6.07, 6.45) is -0.986. The van der Waals surface area contributed by atoms with Gasteiger partial charge in [0.05, 0.1) is 12.6 Å². The number of hydrogen-bond acceptors (Lipinski definition) is 4. The number of nitrogens with zero attached hydrogens (tertiary/aromatic N) is 1. The maximum atomic E-state index is 13.3. The maximum absolute atomic E-state index is 13.3. The van der Waals surface area contributed by atoms with Gasteiger partial charge in [0.25, 0.3) is 0 Å². The molecule has 0 unspecified atom stereocenters. The Morgan fingerprint density at radius 3 is 2.50 bits per heavy atom. The summed E-state index contributed by atoms with van der Waals surface area (Å²) in [7, 11) is 0. The van der Waals surface area contributed by atoms with Crippen molar-refractivity contribution in [3.8, 4) is 0 Å². The summed E-state index contributed by atoms with van der Waals surface area (Å²) in [4.78, 5) is 24.3. The van der Waals surface area contributed by atoms with Gasteiger partial charge in [-0.2, -0.15) is 0 Å². The second-order valence-electron chi connectivity index (χ2n) is 6.25. The molecule has 0 radical (unpaired) electrons. The highest BCUT2D eigenvalue weighted by Gasteiger charge is 2.33. The molecule has 3 N–H and O–H groups in total. The SMILES string of the molecule is C[C@@H](CNC(=O)[C@H](O)C(C)(C)CO)N(C=O)c1ccc(F)c(F)c1. The van der Waals surface area contributed by atoms with Crippen molar-refractivity contribution in [2.45, 2.75) is 32.9 Å². The van der Waals surface area contributed by atoms with Gasteiger partial charge in [0.1, 0.15) is 6.10 Å². The molecule has 8 heteroatoms. The molecule has 2 amide bonds. The molecule has 0 aliphatic rings. The minimum atomic E-state index is -1.43. The fourth-order valence-corrected chi connectivity index (χ4v) is 1.95. The van der Waals surface area contributed by atoms with Crippen molar-refractivity contribution >= 4 is 18.0 Å². The van der Waals surface area contributed by atoms with E-state index in [4.69, 9.17) is 5.11 Å². The van der Waals surface area contributed by atoms with E-state index in [1.165, 1.54) is 19.9 Å². The number of aliphatic hydroxyl groups is 2. The van der Waals surface area contributed by atoms with Crippen molar-refractivity contribution in [3.05, 3.63) is 29.8 Å². The molecule has 0 bridgehead atoms. The third kappa shape index (κ3) is 4.72. The van der Waals surface area contributed by atoms with Crippen LogP contribution < -0.4 is 10.2 Å². The number of nitrogens with one attached hydrogen (secondary N) is 1. The summed E-state index contributed by atoms with van der Waals surface area (Å²) in [6.45, 7) is 4.25. The highest BCUT2D eigenvalue weighted by Crippen LogP contribution is 2.20. The first kappa shape index (κ1) is 20.0. The normalized spacial score (nSPS) is 14.0. The fraction of sp³-hybridized carbons (Fsp3) is 0.500. The Balaban J connectivity index is 2.74. The summed E-state index contributed by atoms with van der Waals surface area (Å²) >= 11 is 0. The van der Waals surface area contributed by atoms with E-state index < -0.39 is 35.1 Å². The van der Waals surface area contributed by atoms with Crippen LogP contribution in [-0.2, 0) is 9.59 Å². The number of anilines is 1. The number of carbonyl (C=O) groups excluding carboxylic acids is 2. The van der Waals surface area contributed by atoms with Gasteiger partial charge in [0.2, 0.25) is 12.3 Å². The smallest absolute Gasteiger partial charge is 0.249 e. The molecule has 1 aromatic rings. The standard InChI is InChI=1S/C16H22F2N2O4/c1-10(7-19-15(24)14(23)16(2,3)8-21)20(9-22)11-4-5-12(17)13(18)6-11/h4-6,9-10,14,21,23H,7-8H2,1-3H3,(H,19,24)/t10-,14-/m0/s1. The molecule has 24 heavy (non-hydrogen) atoms. The van der Waals surface area contributed by atoms with Crippen LogP contribution in [0, 0.1) is 17.0 Å². The number of carbonyl (C=O) groups is 2. The lowest BCUT2D eigenvalue weighted by molar-refractivity contribution is -0.137. The van der Waals surface area contributed by atoms with Crippen LogP contribution in [0.2, 0.25) is 0 Å². The zero-order chi connectivity index (χ0) is 18.5. The molecule has 2 atom stereocenters. The molecular weight excluding hydrogens is 322 g/mol. The van der Waals surface area contributed by atoms with Gasteiger partial charge in [-0.1, -0.05) is 13.8 Å². The topological polar surface area (TPSA) is 89.9 Å². The third-order valence-electron chi connectivity index (χ3n) is 3.76. The van der Waals surface area contributed by atoms with E-state index in [-0.39, 0.29) is 18.8 Å². The Kier molecular flexibility index (Phi) is 6.80. The third-order valence-corrected chi connectivity index (χ3v) is 3.76. The first-order valence-electron chi connectivity index (χ1n) is 7.39. The minimum absolute atomic E-state index is 0.0187. The first-order chi connectivity index (χ1) is 11.1. The van der Waals surface area contributed by atoms with Crippen molar-refractivity contribution < 1.29 is 28.6 Å². The molecule has 0 aromatic heterocycles. The summed E-state index contributed by atoms with van der Waals surface area (Å²) in [5.41, 5.74) is -0.875. The fourth-order valence-electron chi connectivity index (χ4n) is 1.95. The summed E-state index contributed by atoms with van der Waals surface area (Å²) in [6, 6.07) is 2.46. The van der Waals surface area contributed by atoms with Crippen LogP contribution in [0.3, 0.4) is 0 Å². The van der Waals surface area contributed by atoms with Gasteiger partial charge in [-0.3, -0.25) is 9.59 Å². The Hall–Kier alpha value is -2.06. The molecule has 0 aliphatic carbocycles. The lowest BCUT2D eigenvalue weighted by Gasteiger charge is -2.29. The van der Waals surface area contributed by atoms with Gasteiger partial charge in [-0.05, 0) is 19.1 Å². The van der Waals surface area contributed by atoms with E-state index in [1.54, 1.807) is 6.92 Å². The van der Waals surface area contributed by atoms with Crippen molar-refractivity contribution in [1.82, 2.24) is 5.32 Å². The Bertz CT molecular complexity index is 595. The number of benzene rings is 1. The van der Waals surface area contributed by atoms with E-state index in [0.29, 0.717) is 6.41 Å². The second kappa shape index (κ2) is 8.16. The highest BCUT2D eigenvalue weighted by atomic mass is 19.2. The van der Waals surface area contributed by atoms with Crippen LogP contribution in [0.4, 0.5) is 14.5 Å². The van der Waals surface area contributed by atoms with E-state index in [2.05, 4.69) is 5.32 Å². The average Bonchev–Trinajstić information content (AvgIpc) is 2.55. The van der Waals surface area contributed by atoms with Crippen LogP contribution in [0.5, 0.6) is 0 Å². The van der Waals surface area contributed by atoms with Crippen LogP contribution in [-0.4, -0.2) is 47.8 Å². The van der Waals surface area contributed by atoms with Gasteiger partial charge < -0.3 is 20.4 Å². The van der Waals surface area contributed by atoms with Crippen molar-refractivity contribution in [3.63, 3.8) is 0 Å². The average molecular weight is 344 g/mol. The monoisotopic (exact) mass is 344 g/mol. The van der Waals surface area contributed by atoms with Gasteiger partial charge in [-0.15, -0.1) is 0 Å². The van der Waals surface area contributed by atoms with Crippen molar-refractivity contribution in [1.29, 1.82) is 0 Å². The molecule has 6 nitrogen and oxygen atoms in total. The molecule has 0 fully saturated rings. The van der Waals surface area contributed by atoms with Crippen LogP contribution in [0.25, 0.3) is 0 Å². The zero-order valence-electron chi connectivity index (χ0n) is 13.8. The van der Waals surface area contributed by atoms with Crippen LogP contribution >= 0.6 is 0 Å². The number of amides is 2. The predicted molar refractivity (Wildman–Crippen MR) is 84.2 cm³/mol. The number of rotatable bonds is 8. The van der Waals surface area contributed by atoms with Crippen molar-refractivity contribution in [2.24, 2.45) is 5.41 Å². The number of aliphatic hydroxyl groups excluding tert-OH is 2. The Labute approximate surface area is 139 Å². The van der Waals surface area contributed by atoms with Gasteiger partial charge >= 0.3 is 0 Å². The van der Waals surface area contributed by atoms with E-state index in [0.717, 1.165) is 17.0 Å². The lowest BCUT2D eigenvalue weighted by atomic mass is 9.87. The molecule has 0 spiro atoms. The maximum Gasteiger partial charge on any atom is 0.249 e. The lowest BCUT2D eigenvalue weighted by Crippen LogP contribution is -2.49. The van der Waals surface area contributed by atoms with Crippen LogP contribution in [0.1, 0.15) is 20.8 Å². The van der Waals surface area contributed by atoms with Gasteiger partial charge in [0, 0.05) is 23.7 Å². The molecule has 1 rings (SSSR count). The van der Waals surface area contributed by atoms with Gasteiger partial charge in [0.15, 0.2) is 11.6 Å². The molecule has 0 heterocycles. The summed E-state index contributed by atoms with van der Waals surface area (Å²) < 4.78 is 26.3. The summed E-state index contributed by atoms with van der Waals surface area (Å²) in [5.74, 6) is -2.81. The highest BCUT2D eigenvalue weighted by molar-refractivity contribution is 5.82. The van der Waals surface area contributed by atoms with E-state index in [9.17, 15) is 23.5 Å². The predicted octanol–water partition coefficient (Wildman–Crippen LogP) is 0.812. The minimum Gasteiger partial charge on any atom is -0.396 e. The molecule has 0 saturated heterocycles.